The van der Waals surface area contributed by atoms with E-state index in [0.717, 1.165) is 15.4 Å². The Balaban J connectivity index is 0. The molecule has 0 aliphatic rings. The van der Waals surface area contributed by atoms with E-state index in [4.69, 9.17) is 24.8 Å². The summed E-state index contributed by atoms with van der Waals surface area (Å²) in [6.45, 7) is 0.574. The van der Waals surface area contributed by atoms with Gasteiger partial charge in [-0.25, -0.2) is 0 Å². The number of carboxylic acid groups (broad SMARTS) is 2. The molecule has 0 radical (unpaired) electrons. The van der Waals surface area contributed by atoms with E-state index in [9.17, 15) is 0 Å². The van der Waals surface area contributed by atoms with Gasteiger partial charge in [0.2, 0.25) is 0 Å². The van der Waals surface area contributed by atoms with Crippen molar-refractivity contribution in [2.45, 2.75) is 6.42 Å². The third-order valence-corrected chi connectivity index (χ3v) is 2.45. The number of carbonyl (C=O) groups is 1. The van der Waals surface area contributed by atoms with Crippen molar-refractivity contribution in [2.24, 2.45) is 0 Å². The zero-order valence-corrected chi connectivity index (χ0v) is 25.7. The van der Waals surface area contributed by atoms with Crippen LogP contribution in [0.15, 0.2) is 27.2 Å². The minimum atomic E-state index is -2.33. The van der Waals surface area contributed by atoms with Crippen molar-refractivity contribution in [1.29, 1.82) is 5.26 Å². The number of benzene rings is 1. The normalized spacial score (nSPS) is 8.38. The van der Waals surface area contributed by atoms with Gasteiger partial charge < -0.3 is 24.8 Å². The molecule has 1 heterocycles. The van der Waals surface area contributed by atoms with Crippen molar-refractivity contribution in [1.82, 2.24) is 5.16 Å². The summed E-state index contributed by atoms with van der Waals surface area (Å²) in [7, 11) is 0. The monoisotopic (exact) mass is 591 g/mol. The number of nitrogens with one attached hydrogen (secondary N) is 1. The van der Waals surface area contributed by atoms with E-state index in [2.05, 4.69) is 32.5 Å². The van der Waals surface area contributed by atoms with E-state index in [1.54, 1.807) is 0 Å². The molecule has 0 amide bonds. The molecular formula is C11H8BrCs2N3O4. The average Bonchev–Trinajstić information content (AvgIpc) is 2.72. The standard InChI is InChI=1S/C10H8BrN3O.CH2O3.2Cs/c11-7-2-3-9-8(6-7)10(14-15-9)13-5-1-4-12;2-1(3)4;;/h2-3,6H,1,5H2,(H,13,14);(H2,2,3,4);;/q;;2*+1/p-2. The zero-order valence-electron chi connectivity index (χ0n) is 11.6. The fraction of sp³-hybridized carbons (Fsp3) is 0.182. The molecule has 10 heteroatoms. The van der Waals surface area contributed by atoms with Gasteiger partial charge in [0, 0.05) is 11.0 Å². The molecule has 1 aromatic heterocycles. The Labute approximate surface area is 247 Å². The Hall–Kier alpha value is 1.83. The van der Waals surface area contributed by atoms with E-state index < -0.39 is 6.16 Å². The van der Waals surface area contributed by atoms with E-state index in [1.165, 1.54) is 0 Å². The molecule has 100 valence electrons. The molecule has 2 aromatic rings. The van der Waals surface area contributed by atoms with Gasteiger partial charge in [-0.05, 0) is 24.4 Å². The average molecular weight is 592 g/mol. The Kier molecular flexibility index (Phi) is 17.0. The predicted molar refractivity (Wildman–Crippen MR) is 65.8 cm³/mol. The maximum atomic E-state index is 8.41. The summed E-state index contributed by atoms with van der Waals surface area (Å²) in [5, 5.41) is 32.9. The van der Waals surface area contributed by atoms with Crippen LogP contribution in [0.1, 0.15) is 6.42 Å². The summed E-state index contributed by atoms with van der Waals surface area (Å²) in [4.78, 5) is 8.33. The van der Waals surface area contributed by atoms with Gasteiger partial charge in [0.15, 0.2) is 11.4 Å². The van der Waals surface area contributed by atoms with E-state index in [-0.39, 0.29) is 138 Å². The first kappa shape index (κ1) is 25.1. The first-order valence-electron chi connectivity index (χ1n) is 5.08. The molecular weight excluding hydrogens is 584 g/mol. The number of anilines is 1. The van der Waals surface area contributed by atoms with Crippen LogP contribution < -0.4 is 153 Å². The molecule has 0 saturated carbocycles. The second kappa shape index (κ2) is 14.2. The Morgan fingerprint density at radius 1 is 1.43 bits per heavy atom. The maximum absolute atomic E-state index is 8.41. The number of nitrogens with zero attached hydrogens (tertiary/aromatic N) is 2. The van der Waals surface area contributed by atoms with Crippen LogP contribution in [0.4, 0.5) is 10.6 Å². The second-order valence-corrected chi connectivity index (χ2v) is 4.17. The van der Waals surface area contributed by atoms with Gasteiger partial charge in [-0.15, -0.1) is 0 Å². The molecule has 21 heavy (non-hydrogen) atoms. The minimum absolute atomic E-state index is 0. The van der Waals surface area contributed by atoms with Crippen LogP contribution in [0, 0.1) is 11.3 Å². The molecule has 0 aliphatic heterocycles. The number of carbonyl (C=O) groups excluding carboxylic acids is 1. The number of hydrogen-bond acceptors (Lipinski definition) is 7. The first-order chi connectivity index (χ1) is 9.04. The Bertz CT molecular complexity index is 611. The SMILES string of the molecule is N#CCCNc1noc2ccc(Br)cc12.O=C([O-])[O-].[Cs+].[Cs+]. The zero-order chi connectivity index (χ0) is 14.3. The topological polar surface area (TPSA) is 125 Å². The van der Waals surface area contributed by atoms with Gasteiger partial charge in [-0.3, -0.25) is 0 Å². The van der Waals surface area contributed by atoms with Gasteiger partial charge in [0.25, 0.3) is 0 Å². The fourth-order valence-corrected chi connectivity index (χ4v) is 1.64. The Morgan fingerprint density at radius 2 is 2.05 bits per heavy atom. The van der Waals surface area contributed by atoms with Crippen molar-refractivity contribution in [3.63, 3.8) is 0 Å². The molecule has 0 unspecified atom stereocenters. The maximum Gasteiger partial charge on any atom is 1.00 e. The second-order valence-electron chi connectivity index (χ2n) is 3.26. The van der Waals surface area contributed by atoms with Crippen LogP contribution >= 0.6 is 15.9 Å². The van der Waals surface area contributed by atoms with Gasteiger partial charge >= 0.3 is 138 Å². The quantitative estimate of drug-likeness (QED) is 0.353. The van der Waals surface area contributed by atoms with Crippen LogP contribution in [0.25, 0.3) is 11.0 Å². The molecule has 0 spiro atoms. The molecule has 7 nitrogen and oxygen atoms in total. The molecule has 1 N–H and O–H groups in total. The molecule has 0 atom stereocenters. The van der Waals surface area contributed by atoms with Gasteiger partial charge in [0.1, 0.15) is 0 Å². The summed E-state index contributed by atoms with van der Waals surface area (Å²) < 4.78 is 6.09. The van der Waals surface area contributed by atoms with Crippen LogP contribution in [-0.4, -0.2) is 17.9 Å². The van der Waals surface area contributed by atoms with Gasteiger partial charge in [0.05, 0.1) is 17.9 Å². The Morgan fingerprint density at radius 3 is 2.62 bits per heavy atom. The van der Waals surface area contributed by atoms with Crippen molar-refractivity contribution in [3.8, 4) is 6.07 Å². The molecule has 0 bridgehead atoms. The van der Waals surface area contributed by atoms with Crippen LogP contribution in [0.5, 0.6) is 0 Å². The van der Waals surface area contributed by atoms with E-state index in [1.807, 2.05) is 18.2 Å². The summed E-state index contributed by atoms with van der Waals surface area (Å²) >= 11 is 3.38. The number of hydrogen-bond donors (Lipinski definition) is 1. The van der Waals surface area contributed by atoms with E-state index >= 15 is 0 Å². The van der Waals surface area contributed by atoms with E-state index in [0.29, 0.717) is 18.8 Å². The number of halogens is 1. The van der Waals surface area contributed by atoms with Crippen LogP contribution in [0.3, 0.4) is 0 Å². The fourth-order valence-electron chi connectivity index (χ4n) is 1.28. The predicted octanol–water partition coefficient (Wildman–Crippen LogP) is -5.52. The number of fused-ring (bicyclic) bond motifs is 1. The summed E-state index contributed by atoms with van der Waals surface area (Å²) in [5.74, 6) is 0.682. The number of nitriles is 1. The first-order valence-corrected chi connectivity index (χ1v) is 5.87. The molecule has 0 aliphatic carbocycles. The van der Waals surface area contributed by atoms with Crippen molar-refractivity contribution in [2.75, 3.05) is 11.9 Å². The third-order valence-electron chi connectivity index (χ3n) is 1.96. The molecule has 2 rings (SSSR count). The minimum Gasteiger partial charge on any atom is -0.652 e. The third kappa shape index (κ3) is 10.3. The van der Waals surface area contributed by atoms with Crippen molar-refractivity contribution < 1.29 is 157 Å². The van der Waals surface area contributed by atoms with Crippen LogP contribution in [0.2, 0.25) is 0 Å². The summed E-state index contributed by atoms with van der Waals surface area (Å²) in [5.41, 5.74) is 0.734. The molecule has 1 aromatic carbocycles. The molecule has 0 saturated heterocycles. The number of aromatic nitrogens is 1. The van der Waals surface area contributed by atoms with Crippen molar-refractivity contribution in [3.05, 3.63) is 22.7 Å². The number of rotatable bonds is 3. The van der Waals surface area contributed by atoms with Crippen molar-refractivity contribution >= 4 is 38.9 Å². The largest absolute Gasteiger partial charge is 1.00 e. The summed E-state index contributed by atoms with van der Waals surface area (Å²) in [6.07, 6.45) is -1.89. The van der Waals surface area contributed by atoms with Gasteiger partial charge in [-0.1, -0.05) is 21.1 Å². The molecule has 0 fully saturated rings. The van der Waals surface area contributed by atoms with Crippen LogP contribution in [-0.2, 0) is 0 Å². The smallest absolute Gasteiger partial charge is 0.652 e. The van der Waals surface area contributed by atoms with Gasteiger partial charge in [-0.2, -0.15) is 5.26 Å². The summed E-state index contributed by atoms with van der Waals surface area (Å²) in [6, 6.07) is 7.74.